The first-order valence-electron chi connectivity index (χ1n) is 9.58. The van der Waals surface area contributed by atoms with Crippen LogP contribution in [0.4, 0.5) is 0 Å². The maximum Gasteiger partial charge on any atom is 0.0803 e. The highest BCUT2D eigenvalue weighted by atomic mass is 28.3. The van der Waals surface area contributed by atoms with Gasteiger partial charge in [-0.15, -0.1) is 0 Å². The Kier molecular flexibility index (Phi) is 6.10. The molecule has 0 amide bonds. The van der Waals surface area contributed by atoms with Crippen LogP contribution < -0.4 is 10.5 Å². The fourth-order valence-electron chi connectivity index (χ4n) is 3.41. The molecule has 25 heavy (non-hydrogen) atoms. The predicted molar refractivity (Wildman–Crippen MR) is 109 cm³/mol. The van der Waals surface area contributed by atoms with Crippen LogP contribution in [0.2, 0.25) is 19.1 Å². The molecule has 1 fully saturated rings. The van der Waals surface area contributed by atoms with Gasteiger partial charge < -0.3 is 10.1 Å². The molecule has 2 aromatic carbocycles. The molecule has 0 radical (unpaired) electrons. The van der Waals surface area contributed by atoms with Crippen molar-refractivity contribution in [2.24, 2.45) is 0 Å². The molecule has 3 rings (SSSR count). The highest BCUT2D eigenvalue weighted by molar-refractivity contribution is 6.89. The summed E-state index contributed by atoms with van der Waals surface area (Å²) in [5.41, 5.74) is 2.68. The molecule has 134 valence electrons. The Morgan fingerprint density at radius 1 is 1.00 bits per heavy atom. The monoisotopic (exact) mass is 353 g/mol. The van der Waals surface area contributed by atoms with Gasteiger partial charge in [-0.1, -0.05) is 85.8 Å². The van der Waals surface area contributed by atoms with Gasteiger partial charge in [-0.25, -0.2) is 0 Å². The lowest BCUT2D eigenvalue weighted by molar-refractivity contribution is 0.0180. The number of hydrogen-bond donors (Lipinski definition) is 1. The zero-order chi connectivity index (χ0) is 17.7. The highest BCUT2D eigenvalue weighted by Crippen LogP contribution is 2.24. The van der Waals surface area contributed by atoms with Crippen molar-refractivity contribution in [3.05, 3.63) is 65.7 Å². The zero-order valence-corrected chi connectivity index (χ0v) is 16.8. The molecule has 0 saturated carbocycles. The van der Waals surface area contributed by atoms with Crippen molar-refractivity contribution in [2.45, 2.75) is 57.7 Å². The Bertz CT molecular complexity index is 645. The Balaban J connectivity index is 1.47. The van der Waals surface area contributed by atoms with E-state index in [-0.39, 0.29) is 0 Å². The van der Waals surface area contributed by atoms with E-state index in [2.05, 4.69) is 79.9 Å². The molecule has 1 aliphatic rings. The van der Waals surface area contributed by atoms with E-state index in [0.717, 1.165) is 26.0 Å². The van der Waals surface area contributed by atoms with Crippen molar-refractivity contribution in [1.29, 1.82) is 0 Å². The first-order chi connectivity index (χ1) is 12.1. The molecule has 0 bridgehead atoms. The van der Waals surface area contributed by atoms with Crippen LogP contribution in [0.5, 0.6) is 0 Å². The van der Waals surface area contributed by atoms with Crippen molar-refractivity contribution in [3.63, 3.8) is 0 Å². The SMILES string of the molecule is CC[Si](C)(C)c1ccc(COC2CCC(c3ccccc3)NC2)cc1. The number of piperidine rings is 1. The Labute approximate surface area is 153 Å². The molecule has 1 heterocycles. The van der Waals surface area contributed by atoms with Gasteiger partial charge in [0.15, 0.2) is 0 Å². The lowest BCUT2D eigenvalue weighted by Gasteiger charge is -2.30. The van der Waals surface area contributed by atoms with Crippen molar-refractivity contribution < 1.29 is 4.74 Å². The maximum atomic E-state index is 6.15. The van der Waals surface area contributed by atoms with E-state index < -0.39 is 8.07 Å². The normalized spacial score (nSPS) is 21.2. The minimum absolute atomic E-state index is 0.320. The van der Waals surface area contributed by atoms with Gasteiger partial charge in [-0.2, -0.15) is 0 Å². The van der Waals surface area contributed by atoms with E-state index in [9.17, 15) is 0 Å². The van der Waals surface area contributed by atoms with Crippen LogP contribution in [-0.2, 0) is 11.3 Å². The van der Waals surface area contributed by atoms with Gasteiger partial charge in [0.2, 0.25) is 0 Å². The van der Waals surface area contributed by atoms with Crippen LogP contribution in [0.1, 0.15) is 36.9 Å². The molecule has 0 spiro atoms. The van der Waals surface area contributed by atoms with Gasteiger partial charge in [0, 0.05) is 12.6 Å². The second-order valence-electron chi connectivity index (χ2n) is 7.82. The largest absolute Gasteiger partial charge is 0.372 e. The second-order valence-corrected chi connectivity index (χ2v) is 12.9. The van der Waals surface area contributed by atoms with E-state index in [1.807, 2.05) is 0 Å². The highest BCUT2D eigenvalue weighted by Gasteiger charge is 2.22. The summed E-state index contributed by atoms with van der Waals surface area (Å²) < 4.78 is 6.15. The lowest BCUT2D eigenvalue weighted by atomic mass is 9.96. The standard InChI is InChI=1S/C22H31NOSi/c1-4-25(2,3)21-13-10-18(11-14-21)17-24-20-12-15-22(23-16-20)19-8-6-5-7-9-19/h5-11,13-14,20,22-23H,4,12,15-17H2,1-3H3. The number of hydrogen-bond acceptors (Lipinski definition) is 2. The predicted octanol–water partition coefficient (Wildman–Crippen LogP) is 4.63. The minimum Gasteiger partial charge on any atom is -0.372 e. The molecule has 1 saturated heterocycles. The summed E-state index contributed by atoms with van der Waals surface area (Å²) in [4.78, 5) is 0. The first-order valence-corrected chi connectivity index (χ1v) is 12.8. The van der Waals surface area contributed by atoms with Crippen molar-refractivity contribution in [2.75, 3.05) is 6.54 Å². The fourth-order valence-corrected chi connectivity index (χ4v) is 4.89. The van der Waals surface area contributed by atoms with Gasteiger partial charge in [0.1, 0.15) is 0 Å². The van der Waals surface area contributed by atoms with Crippen LogP contribution in [0.15, 0.2) is 54.6 Å². The Morgan fingerprint density at radius 3 is 2.32 bits per heavy atom. The molecular formula is C22H31NOSi. The number of benzene rings is 2. The number of ether oxygens (including phenoxy) is 1. The fraction of sp³-hybridized carbons (Fsp3) is 0.455. The van der Waals surface area contributed by atoms with Crippen molar-refractivity contribution in [1.82, 2.24) is 5.32 Å². The molecule has 0 aromatic heterocycles. The van der Waals surface area contributed by atoms with Gasteiger partial charge >= 0.3 is 0 Å². The lowest BCUT2D eigenvalue weighted by Crippen LogP contribution is -2.40. The number of nitrogens with one attached hydrogen (secondary N) is 1. The van der Waals surface area contributed by atoms with Gasteiger partial charge in [0.05, 0.1) is 20.8 Å². The van der Waals surface area contributed by atoms with Crippen molar-refractivity contribution in [3.8, 4) is 0 Å². The Morgan fingerprint density at radius 2 is 1.72 bits per heavy atom. The maximum absolute atomic E-state index is 6.15. The zero-order valence-electron chi connectivity index (χ0n) is 15.8. The third kappa shape index (κ3) is 4.81. The molecule has 2 nitrogen and oxygen atoms in total. The van der Waals surface area contributed by atoms with E-state index >= 15 is 0 Å². The summed E-state index contributed by atoms with van der Waals surface area (Å²) in [5.74, 6) is 0. The Hall–Kier alpha value is -1.42. The van der Waals surface area contributed by atoms with Crippen LogP contribution in [-0.4, -0.2) is 20.7 Å². The molecule has 1 aliphatic heterocycles. The van der Waals surface area contributed by atoms with E-state index in [0.29, 0.717) is 12.1 Å². The molecule has 0 aliphatic carbocycles. The third-order valence-electron chi connectivity index (χ3n) is 5.68. The molecule has 2 aromatic rings. The second kappa shape index (κ2) is 8.30. The molecular weight excluding hydrogens is 322 g/mol. The van der Waals surface area contributed by atoms with E-state index in [1.54, 1.807) is 5.19 Å². The average Bonchev–Trinajstić information content (AvgIpc) is 2.68. The third-order valence-corrected chi connectivity index (χ3v) is 9.34. The van der Waals surface area contributed by atoms with Gasteiger partial charge in [-0.05, 0) is 24.0 Å². The molecule has 2 unspecified atom stereocenters. The molecule has 3 heteroatoms. The quantitative estimate of drug-likeness (QED) is 0.764. The summed E-state index contributed by atoms with van der Waals surface area (Å²) in [6.07, 6.45) is 2.59. The summed E-state index contributed by atoms with van der Waals surface area (Å²) in [6, 6.07) is 21.6. The summed E-state index contributed by atoms with van der Waals surface area (Å²) in [5, 5.41) is 5.18. The molecule has 1 N–H and O–H groups in total. The van der Waals surface area contributed by atoms with E-state index in [1.165, 1.54) is 17.2 Å². The van der Waals surface area contributed by atoms with E-state index in [4.69, 9.17) is 4.74 Å². The van der Waals surface area contributed by atoms with Gasteiger partial charge in [0.25, 0.3) is 0 Å². The summed E-state index contributed by atoms with van der Waals surface area (Å²) in [6.45, 7) is 8.84. The smallest absolute Gasteiger partial charge is 0.0803 e. The van der Waals surface area contributed by atoms with Gasteiger partial charge in [-0.3, -0.25) is 0 Å². The topological polar surface area (TPSA) is 21.3 Å². The van der Waals surface area contributed by atoms with Crippen LogP contribution in [0.25, 0.3) is 0 Å². The van der Waals surface area contributed by atoms with Crippen LogP contribution >= 0.6 is 0 Å². The van der Waals surface area contributed by atoms with Crippen molar-refractivity contribution >= 4 is 13.3 Å². The summed E-state index contributed by atoms with van der Waals surface area (Å²) in [7, 11) is -1.22. The minimum atomic E-state index is -1.22. The molecule has 2 atom stereocenters. The average molecular weight is 354 g/mol. The van der Waals surface area contributed by atoms with Crippen LogP contribution in [0, 0.1) is 0 Å². The first kappa shape index (κ1) is 18.4. The number of rotatable bonds is 6. The summed E-state index contributed by atoms with van der Waals surface area (Å²) >= 11 is 0. The van der Waals surface area contributed by atoms with Crippen LogP contribution in [0.3, 0.4) is 0 Å².